The highest BCUT2D eigenvalue weighted by Crippen LogP contribution is 2.29. The number of hydrogen-bond donors (Lipinski definition) is 3. The van der Waals surface area contributed by atoms with Crippen LogP contribution in [0.2, 0.25) is 0 Å². The van der Waals surface area contributed by atoms with Gasteiger partial charge in [-0.15, -0.1) is 0 Å². The Morgan fingerprint density at radius 2 is 1.84 bits per heavy atom. The van der Waals surface area contributed by atoms with Gasteiger partial charge < -0.3 is 21.3 Å². The van der Waals surface area contributed by atoms with Crippen LogP contribution in [-0.2, 0) is 9.53 Å². The number of primary amides is 1. The van der Waals surface area contributed by atoms with Crippen molar-refractivity contribution in [2.45, 2.75) is 63.2 Å². The number of carbonyl (C=O) groups is 1. The number of ether oxygens (including phenoxy) is 1. The van der Waals surface area contributed by atoms with Gasteiger partial charge in [-0.1, -0.05) is 19.3 Å². The topological polar surface area (TPSA) is 98.6 Å². The van der Waals surface area contributed by atoms with Crippen molar-refractivity contribution >= 4 is 5.91 Å². The largest absolute Gasteiger partial charge is 0.391 e. The molecular weight excluding hydrogens is 244 g/mol. The lowest BCUT2D eigenvalue weighted by Gasteiger charge is -2.37. The third-order valence-electron chi connectivity index (χ3n) is 4.59. The van der Waals surface area contributed by atoms with Gasteiger partial charge in [0.15, 0.2) is 0 Å². The zero-order valence-corrected chi connectivity index (χ0v) is 11.5. The van der Waals surface area contributed by atoms with E-state index in [2.05, 4.69) is 0 Å². The Hall–Kier alpha value is -0.650. The van der Waals surface area contributed by atoms with Gasteiger partial charge in [-0.25, -0.2) is 0 Å². The van der Waals surface area contributed by atoms with Crippen molar-refractivity contribution in [3.05, 3.63) is 0 Å². The SMILES string of the molecule is NC(=O)C1C(OCC2CCCCC2)CCC(N)C1O. The fourth-order valence-corrected chi connectivity index (χ4v) is 3.35. The molecule has 0 aromatic rings. The van der Waals surface area contributed by atoms with Crippen molar-refractivity contribution in [2.24, 2.45) is 23.3 Å². The van der Waals surface area contributed by atoms with Gasteiger partial charge in [0.05, 0.1) is 18.1 Å². The predicted molar refractivity (Wildman–Crippen MR) is 72.2 cm³/mol. The molecule has 2 aliphatic rings. The van der Waals surface area contributed by atoms with Crippen LogP contribution in [0.15, 0.2) is 0 Å². The molecule has 2 rings (SSSR count). The van der Waals surface area contributed by atoms with Gasteiger partial charge in [0, 0.05) is 12.6 Å². The summed E-state index contributed by atoms with van der Waals surface area (Å²) in [6.07, 6.45) is 6.51. The van der Waals surface area contributed by atoms with E-state index in [-0.39, 0.29) is 12.1 Å². The van der Waals surface area contributed by atoms with E-state index in [4.69, 9.17) is 16.2 Å². The standard InChI is InChI=1S/C14H26N2O3/c15-10-6-7-11(12(13(10)17)14(16)18)19-8-9-4-2-1-3-5-9/h9-13,17H,1-8,15H2,(H2,16,18). The van der Waals surface area contributed by atoms with Crippen LogP contribution in [0.1, 0.15) is 44.9 Å². The molecule has 0 spiro atoms. The van der Waals surface area contributed by atoms with E-state index in [9.17, 15) is 9.90 Å². The Labute approximate surface area is 114 Å². The van der Waals surface area contributed by atoms with Gasteiger partial charge >= 0.3 is 0 Å². The highest BCUT2D eigenvalue weighted by atomic mass is 16.5. The molecule has 2 fully saturated rings. The predicted octanol–water partition coefficient (Wildman–Crippen LogP) is 0.535. The zero-order chi connectivity index (χ0) is 13.8. The molecule has 0 radical (unpaired) electrons. The number of amides is 1. The second-order valence-corrected chi connectivity index (χ2v) is 6.04. The maximum Gasteiger partial charge on any atom is 0.225 e. The summed E-state index contributed by atoms with van der Waals surface area (Å²) < 4.78 is 5.90. The minimum absolute atomic E-state index is 0.269. The van der Waals surface area contributed by atoms with Gasteiger partial charge in [-0.2, -0.15) is 0 Å². The first-order chi connectivity index (χ1) is 9.09. The van der Waals surface area contributed by atoms with E-state index in [0.29, 0.717) is 25.4 Å². The number of hydrogen-bond acceptors (Lipinski definition) is 4. The molecule has 5 heteroatoms. The normalized spacial score (nSPS) is 37.2. The maximum atomic E-state index is 11.5. The number of rotatable bonds is 4. The van der Waals surface area contributed by atoms with Crippen LogP contribution in [0.4, 0.5) is 0 Å². The summed E-state index contributed by atoms with van der Waals surface area (Å²) in [6.45, 7) is 0.677. The first kappa shape index (κ1) is 14.8. The number of nitrogens with two attached hydrogens (primary N) is 2. The molecule has 5 nitrogen and oxygen atoms in total. The molecule has 4 atom stereocenters. The average molecular weight is 270 g/mol. The average Bonchev–Trinajstić information content (AvgIpc) is 2.41. The second kappa shape index (κ2) is 6.68. The van der Waals surface area contributed by atoms with Crippen LogP contribution >= 0.6 is 0 Å². The third-order valence-corrected chi connectivity index (χ3v) is 4.59. The summed E-state index contributed by atoms with van der Waals surface area (Å²) in [5, 5.41) is 10.0. The van der Waals surface area contributed by atoms with Crippen molar-refractivity contribution in [1.29, 1.82) is 0 Å². The highest BCUT2D eigenvalue weighted by Gasteiger charge is 2.41. The maximum absolute atomic E-state index is 11.5. The van der Waals surface area contributed by atoms with Crippen LogP contribution < -0.4 is 11.5 Å². The van der Waals surface area contributed by atoms with E-state index in [1.807, 2.05) is 0 Å². The Kier molecular flexibility index (Phi) is 5.19. The summed E-state index contributed by atoms with van der Waals surface area (Å²) in [6, 6.07) is -0.368. The van der Waals surface area contributed by atoms with Gasteiger partial charge in [0.2, 0.25) is 5.91 Å². The molecule has 0 aliphatic heterocycles. The van der Waals surface area contributed by atoms with Crippen molar-refractivity contribution in [1.82, 2.24) is 0 Å². The van der Waals surface area contributed by atoms with Crippen LogP contribution in [-0.4, -0.2) is 35.9 Å². The molecular formula is C14H26N2O3. The molecule has 4 unspecified atom stereocenters. The van der Waals surface area contributed by atoms with Crippen molar-refractivity contribution in [2.75, 3.05) is 6.61 Å². The number of aliphatic hydroxyl groups excluding tert-OH is 1. The van der Waals surface area contributed by atoms with Crippen molar-refractivity contribution in [3.8, 4) is 0 Å². The fourth-order valence-electron chi connectivity index (χ4n) is 3.35. The zero-order valence-electron chi connectivity index (χ0n) is 11.5. The molecule has 19 heavy (non-hydrogen) atoms. The lowest BCUT2D eigenvalue weighted by Crippen LogP contribution is -2.54. The molecule has 0 saturated heterocycles. The van der Waals surface area contributed by atoms with Crippen LogP contribution in [0.3, 0.4) is 0 Å². The van der Waals surface area contributed by atoms with Crippen LogP contribution in [0.25, 0.3) is 0 Å². The smallest absolute Gasteiger partial charge is 0.225 e. The Balaban J connectivity index is 1.88. The molecule has 0 bridgehead atoms. The minimum Gasteiger partial charge on any atom is -0.391 e. The van der Waals surface area contributed by atoms with E-state index < -0.39 is 17.9 Å². The quantitative estimate of drug-likeness (QED) is 0.694. The molecule has 110 valence electrons. The molecule has 5 N–H and O–H groups in total. The fraction of sp³-hybridized carbons (Fsp3) is 0.929. The highest BCUT2D eigenvalue weighted by molar-refractivity contribution is 5.78. The minimum atomic E-state index is -0.873. The summed E-state index contributed by atoms with van der Waals surface area (Å²) in [5.41, 5.74) is 11.2. The van der Waals surface area contributed by atoms with Gasteiger partial charge in [-0.3, -0.25) is 4.79 Å². The summed E-state index contributed by atoms with van der Waals surface area (Å²) in [4.78, 5) is 11.5. The first-order valence-electron chi connectivity index (χ1n) is 7.44. The van der Waals surface area contributed by atoms with Gasteiger partial charge in [0.25, 0.3) is 0 Å². The van der Waals surface area contributed by atoms with E-state index in [0.717, 1.165) is 0 Å². The molecule has 0 aromatic carbocycles. The Morgan fingerprint density at radius 1 is 1.16 bits per heavy atom. The van der Waals surface area contributed by atoms with E-state index in [1.54, 1.807) is 0 Å². The van der Waals surface area contributed by atoms with Gasteiger partial charge in [0.1, 0.15) is 0 Å². The molecule has 2 saturated carbocycles. The Morgan fingerprint density at radius 3 is 2.47 bits per heavy atom. The Bertz CT molecular complexity index is 305. The van der Waals surface area contributed by atoms with Crippen molar-refractivity contribution in [3.63, 3.8) is 0 Å². The number of carbonyl (C=O) groups excluding carboxylic acids is 1. The summed E-state index contributed by atoms with van der Waals surface area (Å²) >= 11 is 0. The summed E-state index contributed by atoms with van der Waals surface area (Å²) in [7, 11) is 0. The van der Waals surface area contributed by atoms with Crippen molar-refractivity contribution < 1.29 is 14.6 Å². The monoisotopic (exact) mass is 270 g/mol. The number of aliphatic hydroxyl groups is 1. The molecule has 0 heterocycles. The van der Waals surface area contributed by atoms with Gasteiger partial charge in [-0.05, 0) is 31.6 Å². The van der Waals surface area contributed by atoms with Crippen LogP contribution in [0, 0.1) is 11.8 Å². The molecule has 1 amide bonds. The molecule has 2 aliphatic carbocycles. The molecule has 0 aromatic heterocycles. The van der Waals surface area contributed by atoms with E-state index >= 15 is 0 Å². The lowest BCUT2D eigenvalue weighted by molar-refractivity contribution is -0.140. The third kappa shape index (κ3) is 3.68. The summed E-state index contributed by atoms with van der Waals surface area (Å²) in [5.74, 6) is -0.571. The van der Waals surface area contributed by atoms with E-state index in [1.165, 1.54) is 32.1 Å². The second-order valence-electron chi connectivity index (χ2n) is 6.04. The first-order valence-corrected chi connectivity index (χ1v) is 7.44. The lowest BCUT2D eigenvalue weighted by atomic mass is 9.80. The van der Waals surface area contributed by atoms with Crippen LogP contribution in [0.5, 0.6) is 0 Å².